The molecule has 1 rings (SSSR count). The highest BCUT2D eigenvalue weighted by Crippen LogP contribution is 2.15. The van der Waals surface area contributed by atoms with Crippen molar-refractivity contribution in [2.45, 2.75) is 6.54 Å². The van der Waals surface area contributed by atoms with Gasteiger partial charge in [-0.2, -0.15) is 0 Å². The summed E-state index contributed by atoms with van der Waals surface area (Å²) in [6.45, 7) is 2.94. The summed E-state index contributed by atoms with van der Waals surface area (Å²) < 4.78 is 10.4. The van der Waals surface area contributed by atoms with Crippen LogP contribution in [0.15, 0.2) is 24.3 Å². The first kappa shape index (κ1) is 13.0. The number of ether oxygens (including phenoxy) is 2. The van der Waals surface area contributed by atoms with E-state index in [4.69, 9.17) is 14.6 Å². The number of hydrogen-bond acceptors (Lipinski definition) is 3. The van der Waals surface area contributed by atoms with Gasteiger partial charge < -0.3 is 19.9 Å². The minimum absolute atomic E-state index is 0.0898. The maximum Gasteiger partial charge on any atom is 0.127 e. The van der Waals surface area contributed by atoms with Gasteiger partial charge in [0.2, 0.25) is 0 Å². The van der Waals surface area contributed by atoms with Crippen molar-refractivity contribution in [1.82, 2.24) is 0 Å². The third-order valence-electron chi connectivity index (χ3n) is 2.26. The largest absolute Gasteiger partial charge is 0.496 e. The van der Waals surface area contributed by atoms with E-state index in [0.29, 0.717) is 13.2 Å². The molecule has 4 heteroatoms. The van der Waals surface area contributed by atoms with Crippen molar-refractivity contribution >= 4 is 0 Å². The Bertz CT molecular complexity index is 291. The van der Waals surface area contributed by atoms with Crippen molar-refractivity contribution < 1.29 is 19.9 Å². The molecule has 0 aromatic heterocycles. The third kappa shape index (κ3) is 4.61. The summed E-state index contributed by atoms with van der Waals surface area (Å²) in [5.41, 5.74) is 1.19. The molecule has 0 saturated carbocycles. The molecular weight excluding hydrogens is 206 g/mol. The molecule has 0 aliphatic carbocycles. The van der Waals surface area contributed by atoms with Crippen molar-refractivity contribution in [2.75, 3.05) is 33.5 Å². The van der Waals surface area contributed by atoms with Crippen LogP contribution in [0, 0.1) is 0 Å². The van der Waals surface area contributed by atoms with Gasteiger partial charge in [-0.1, -0.05) is 12.1 Å². The van der Waals surface area contributed by atoms with E-state index in [0.717, 1.165) is 18.8 Å². The molecule has 0 radical (unpaired) electrons. The summed E-state index contributed by atoms with van der Waals surface area (Å²) in [4.78, 5) is 0. The number of methoxy groups -OCH3 is 1. The quantitative estimate of drug-likeness (QED) is 0.602. The van der Waals surface area contributed by atoms with Gasteiger partial charge in [-0.3, -0.25) is 0 Å². The number of aliphatic hydroxyl groups is 1. The molecule has 0 spiro atoms. The van der Waals surface area contributed by atoms with Crippen LogP contribution in [-0.2, 0) is 11.3 Å². The molecule has 0 bridgehead atoms. The second kappa shape index (κ2) is 8.10. The molecule has 0 heterocycles. The van der Waals surface area contributed by atoms with E-state index in [2.05, 4.69) is 11.4 Å². The highest BCUT2D eigenvalue weighted by Gasteiger charge is 2.02. The van der Waals surface area contributed by atoms with Gasteiger partial charge in [-0.25, -0.2) is 0 Å². The summed E-state index contributed by atoms with van der Waals surface area (Å²) in [7, 11) is 1.68. The zero-order valence-electron chi connectivity index (χ0n) is 9.69. The lowest BCUT2D eigenvalue weighted by molar-refractivity contribution is -0.672. The second-order valence-electron chi connectivity index (χ2n) is 3.43. The van der Waals surface area contributed by atoms with Gasteiger partial charge >= 0.3 is 0 Å². The van der Waals surface area contributed by atoms with Crippen LogP contribution in [0.25, 0.3) is 0 Å². The first-order valence-corrected chi connectivity index (χ1v) is 5.50. The van der Waals surface area contributed by atoms with Crippen LogP contribution in [-0.4, -0.2) is 38.6 Å². The van der Waals surface area contributed by atoms with Crippen LogP contribution >= 0.6 is 0 Å². The maximum atomic E-state index is 8.52. The Morgan fingerprint density at radius 3 is 2.81 bits per heavy atom. The normalized spacial score (nSPS) is 10.4. The third-order valence-corrected chi connectivity index (χ3v) is 2.26. The van der Waals surface area contributed by atoms with Crippen molar-refractivity contribution in [3.05, 3.63) is 29.8 Å². The first-order valence-electron chi connectivity index (χ1n) is 5.50. The number of hydrogen-bond donors (Lipinski definition) is 2. The smallest absolute Gasteiger partial charge is 0.127 e. The van der Waals surface area contributed by atoms with Gasteiger partial charge in [0, 0.05) is 5.56 Å². The van der Waals surface area contributed by atoms with Crippen molar-refractivity contribution in [2.24, 2.45) is 0 Å². The van der Waals surface area contributed by atoms with Gasteiger partial charge in [0.05, 0.1) is 33.5 Å². The van der Waals surface area contributed by atoms with E-state index in [1.54, 1.807) is 7.11 Å². The van der Waals surface area contributed by atoms with Gasteiger partial charge in [0.1, 0.15) is 12.3 Å². The number of benzene rings is 1. The molecule has 1 aromatic rings. The summed E-state index contributed by atoms with van der Waals surface area (Å²) in [6.07, 6.45) is 0. The fraction of sp³-hybridized carbons (Fsp3) is 0.500. The lowest BCUT2D eigenvalue weighted by Gasteiger charge is -2.07. The number of nitrogens with two attached hydrogens (primary N) is 1. The molecule has 0 unspecified atom stereocenters. The molecule has 3 N–H and O–H groups in total. The van der Waals surface area contributed by atoms with E-state index in [9.17, 15) is 0 Å². The summed E-state index contributed by atoms with van der Waals surface area (Å²) >= 11 is 0. The summed E-state index contributed by atoms with van der Waals surface area (Å²) in [6, 6.07) is 8.00. The standard InChI is InChI=1S/C12H19NO3/c1-15-12-5-3-2-4-11(12)10-13-6-8-16-9-7-14/h2-5,13-14H,6-10H2,1H3/p+1. The zero-order chi connectivity index (χ0) is 11.6. The molecule has 0 fully saturated rings. The minimum Gasteiger partial charge on any atom is -0.496 e. The van der Waals surface area contributed by atoms with E-state index in [1.807, 2.05) is 18.2 Å². The Morgan fingerprint density at radius 1 is 1.25 bits per heavy atom. The van der Waals surface area contributed by atoms with Crippen molar-refractivity contribution in [3.63, 3.8) is 0 Å². The fourth-order valence-electron chi connectivity index (χ4n) is 1.46. The lowest BCUT2D eigenvalue weighted by atomic mass is 10.2. The van der Waals surface area contributed by atoms with Crippen molar-refractivity contribution in [1.29, 1.82) is 0 Å². The van der Waals surface area contributed by atoms with Crippen LogP contribution in [0.1, 0.15) is 5.56 Å². The molecule has 0 atom stereocenters. The fourth-order valence-corrected chi connectivity index (χ4v) is 1.46. The molecule has 4 nitrogen and oxygen atoms in total. The topological polar surface area (TPSA) is 55.3 Å². The Morgan fingerprint density at radius 2 is 2.06 bits per heavy atom. The molecular formula is C12H20NO3+. The maximum absolute atomic E-state index is 8.52. The second-order valence-corrected chi connectivity index (χ2v) is 3.43. The predicted molar refractivity (Wildman–Crippen MR) is 61.4 cm³/mol. The average molecular weight is 226 g/mol. The minimum atomic E-state index is 0.0898. The van der Waals surface area contributed by atoms with Crippen molar-refractivity contribution in [3.8, 4) is 5.75 Å². The molecule has 0 aliphatic heterocycles. The zero-order valence-corrected chi connectivity index (χ0v) is 9.69. The highest BCUT2D eigenvalue weighted by atomic mass is 16.5. The SMILES string of the molecule is COc1ccccc1C[NH2+]CCOCCO. The monoisotopic (exact) mass is 226 g/mol. The summed E-state index contributed by atoms with van der Waals surface area (Å²) in [5.74, 6) is 0.926. The molecule has 1 aromatic carbocycles. The van der Waals surface area contributed by atoms with E-state index < -0.39 is 0 Å². The van der Waals surface area contributed by atoms with Crippen LogP contribution in [0.3, 0.4) is 0 Å². The number of aliphatic hydroxyl groups excluding tert-OH is 1. The van der Waals surface area contributed by atoms with Gasteiger partial charge in [0.15, 0.2) is 0 Å². The Balaban J connectivity index is 2.21. The Labute approximate surface area is 96.2 Å². The Hall–Kier alpha value is -1.10. The molecule has 90 valence electrons. The average Bonchev–Trinajstić information content (AvgIpc) is 2.34. The highest BCUT2D eigenvalue weighted by molar-refractivity contribution is 5.32. The van der Waals surface area contributed by atoms with Gasteiger partial charge in [-0.15, -0.1) is 0 Å². The van der Waals surface area contributed by atoms with E-state index in [-0.39, 0.29) is 6.61 Å². The number of para-hydroxylation sites is 1. The van der Waals surface area contributed by atoms with Crippen LogP contribution < -0.4 is 10.1 Å². The Kier molecular flexibility index (Phi) is 6.56. The van der Waals surface area contributed by atoms with Gasteiger partial charge in [-0.05, 0) is 12.1 Å². The summed E-state index contributed by atoms with van der Waals surface area (Å²) in [5, 5.41) is 10.7. The predicted octanol–water partition coefficient (Wildman–Crippen LogP) is -0.232. The van der Waals surface area contributed by atoms with Crippen LogP contribution in [0.2, 0.25) is 0 Å². The van der Waals surface area contributed by atoms with Crippen LogP contribution in [0.4, 0.5) is 0 Å². The number of quaternary nitrogens is 1. The molecule has 0 amide bonds. The molecule has 0 saturated heterocycles. The lowest BCUT2D eigenvalue weighted by Crippen LogP contribution is -2.83. The van der Waals surface area contributed by atoms with E-state index in [1.165, 1.54) is 5.56 Å². The first-order chi connectivity index (χ1) is 7.88. The van der Waals surface area contributed by atoms with Gasteiger partial charge in [0.25, 0.3) is 0 Å². The number of rotatable bonds is 8. The van der Waals surface area contributed by atoms with Crippen LogP contribution in [0.5, 0.6) is 5.75 Å². The molecule has 0 aliphatic rings. The molecule has 16 heavy (non-hydrogen) atoms. The van der Waals surface area contributed by atoms with E-state index >= 15 is 0 Å².